The zero-order valence-corrected chi connectivity index (χ0v) is 13.2. The Labute approximate surface area is 142 Å². The summed E-state index contributed by atoms with van der Waals surface area (Å²) in [5, 5.41) is 18.5. The molecular formula is C17H17F2N3O3. The fraction of sp³-hybridized carbons (Fsp3) is 0.353. The van der Waals surface area contributed by atoms with Crippen LogP contribution >= 0.6 is 0 Å². The van der Waals surface area contributed by atoms with Gasteiger partial charge in [0.25, 0.3) is 0 Å². The second-order valence-electron chi connectivity index (χ2n) is 6.09. The molecule has 1 aromatic heterocycles. The molecule has 8 heteroatoms. The van der Waals surface area contributed by atoms with Crippen molar-refractivity contribution in [3.8, 4) is 11.3 Å². The van der Waals surface area contributed by atoms with Gasteiger partial charge in [-0.05, 0) is 31.4 Å². The first kappa shape index (κ1) is 17.2. The number of nitrogens with two attached hydrogens (primary N) is 1. The molecular weight excluding hydrogens is 332 g/mol. The summed E-state index contributed by atoms with van der Waals surface area (Å²) in [6, 6.07) is 3.91. The van der Waals surface area contributed by atoms with Crippen molar-refractivity contribution in [1.82, 2.24) is 9.97 Å². The van der Waals surface area contributed by atoms with Gasteiger partial charge in [-0.1, -0.05) is 6.07 Å². The fourth-order valence-electron chi connectivity index (χ4n) is 3.06. The first-order valence-corrected chi connectivity index (χ1v) is 7.85. The molecule has 0 radical (unpaired) electrons. The summed E-state index contributed by atoms with van der Waals surface area (Å²) in [6.45, 7) is 0. The highest BCUT2D eigenvalue weighted by Gasteiger charge is 2.31. The van der Waals surface area contributed by atoms with Gasteiger partial charge in [-0.2, -0.15) is 0 Å². The molecule has 1 fully saturated rings. The maximum absolute atomic E-state index is 14.5. The second-order valence-corrected chi connectivity index (χ2v) is 6.09. The number of carboxylic acids is 1. The lowest BCUT2D eigenvalue weighted by Crippen LogP contribution is -2.30. The third-order valence-corrected chi connectivity index (χ3v) is 4.46. The number of hydrogen-bond donors (Lipinski definition) is 3. The van der Waals surface area contributed by atoms with Crippen LogP contribution in [0.2, 0.25) is 0 Å². The van der Waals surface area contributed by atoms with Gasteiger partial charge in [-0.15, -0.1) is 0 Å². The molecule has 1 aromatic carbocycles. The topological polar surface area (TPSA) is 109 Å². The van der Waals surface area contributed by atoms with E-state index < -0.39 is 29.6 Å². The molecule has 6 nitrogen and oxygen atoms in total. The molecule has 1 aliphatic rings. The van der Waals surface area contributed by atoms with E-state index in [0.29, 0.717) is 18.5 Å². The van der Waals surface area contributed by atoms with Crippen molar-refractivity contribution in [2.24, 2.45) is 0 Å². The highest BCUT2D eigenvalue weighted by molar-refractivity contribution is 5.90. The van der Waals surface area contributed by atoms with Gasteiger partial charge in [-0.3, -0.25) is 0 Å². The van der Waals surface area contributed by atoms with Gasteiger partial charge in [0.05, 0.1) is 23.6 Å². The Kier molecular flexibility index (Phi) is 4.63. The second kappa shape index (κ2) is 6.72. The number of aromatic carboxylic acids is 1. The Morgan fingerprint density at radius 1 is 1.32 bits per heavy atom. The Balaban J connectivity index is 2.01. The van der Waals surface area contributed by atoms with Crippen LogP contribution in [0, 0.1) is 5.82 Å². The average molecular weight is 349 g/mol. The molecule has 1 saturated carbocycles. The molecule has 0 bridgehead atoms. The number of hydrogen-bond acceptors (Lipinski definition) is 5. The zero-order valence-electron chi connectivity index (χ0n) is 13.2. The molecule has 25 heavy (non-hydrogen) atoms. The lowest BCUT2D eigenvalue weighted by Gasteiger charge is -2.28. The van der Waals surface area contributed by atoms with Crippen molar-refractivity contribution >= 4 is 11.8 Å². The van der Waals surface area contributed by atoms with Crippen LogP contribution in [0.15, 0.2) is 24.4 Å². The van der Waals surface area contributed by atoms with E-state index >= 15 is 0 Å². The van der Waals surface area contributed by atoms with E-state index in [0.717, 1.165) is 6.07 Å². The maximum Gasteiger partial charge on any atom is 0.338 e. The van der Waals surface area contributed by atoms with Gasteiger partial charge in [0.15, 0.2) is 0 Å². The summed E-state index contributed by atoms with van der Waals surface area (Å²) in [5.41, 5.74) is 5.70. The van der Waals surface area contributed by atoms with E-state index in [2.05, 4.69) is 9.97 Å². The van der Waals surface area contributed by atoms with Gasteiger partial charge < -0.3 is 15.9 Å². The average Bonchev–Trinajstić information content (AvgIpc) is 2.58. The quantitative estimate of drug-likeness (QED) is 0.785. The van der Waals surface area contributed by atoms with Crippen LogP contribution in [0.1, 0.15) is 41.2 Å². The molecule has 0 amide bonds. The molecule has 4 N–H and O–H groups in total. The molecule has 132 valence electrons. The number of aliphatic hydroxyl groups excluding tert-OH is 1. The standard InChI is InChI=1S/C17H17F2N3O3/c18-11-6-8(4-5-13(11)23)12-7-21-16(20)15(22-12)9-2-1-3-10(14(9)19)17(24)25/h1-3,7-8,11,13,23H,4-6H2,(H2,20,21)(H,24,25)/t8-,11-,13+/m1/s1. The van der Waals surface area contributed by atoms with E-state index in [-0.39, 0.29) is 29.4 Å². The summed E-state index contributed by atoms with van der Waals surface area (Å²) >= 11 is 0. The Morgan fingerprint density at radius 2 is 2.08 bits per heavy atom. The van der Waals surface area contributed by atoms with Crippen LogP contribution in [0.3, 0.4) is 0 Å². The summed E-state index contributed by atoms with van der Waals surface area (Å²) < 4.78 is 28.3. The van der Waals surface area contributed by atoms with Gasteiger partial charge in [-0.25, -0.2) is 23.5 Å². The minimum absolute atomic E-state index is 0.0274. The number of halogens is 2. The zero-order chi connectivity index (χ0) is 18.1. The number of aromatic nitrogens is 2. The molecule has 0 saturated heterocycles. The van der Waals surface area contributed by atoms with Crippen molar-refractivity contribution in [2.75, 3.05) is 5.73 Å². The van der Waals surface area contributed by atoms with E-state index in [1.807, 2.05) is 0 Å². The number of anilines is 1. The number of nitrogens with zero attached hydrogens (tertiary/aromatic N) is 2. The SMILES string of the molecule is Nc1ncc([C@@H]2CC[C@H](O)[C@H](F)C2)nc1-c1cccc(C(=O)O)c1F. The monoisotopic (exact) mass is 349 g/mol. The minimum Gasteiger partial charge on any atom is -0.478 e. The van der Waals surface area contributed by atoms with Crippen LogP contribution < -0.4 is 5.73 Å². The van der Waals surface area contributed by atoms with Crippen molar-refractivity contribution in [2.45, 2.75) is 37.5 Å². The van der Waals surface area contributed by atoms with Crippen LogP contribution in [-0.2, 0) is 0 Å². The first-order valence-electron chi connectivity index (χ1n) is 7.85. The van der Waals surface area contributed by atoms with E-state index in [4.69, 9.17) is 10.8 Å². The van der Waals surface area contributed by atoms with Crippen molar-refractivity contribution in [1.29, 1.82) is 0 Å². The lowest BCUT2D eigenvalue weighted by molar-refractivity contribution is 0.0363. The van der Waals surface area contributed by atoms with Crippen LogP contribution in [-0.4, -0.2) is 38.4 Å². The number of carboxylic acid groups (broad SMARTS) is 1. The van der Waals surface area contributed by atoms with E-state index in [9.17, 15) is 18.7 Å². The Morgan fingerprint density at radius 3 is 2.76 bits per heavy atom. The highest BCUT2D eigenvalue weighted by Crippen LogP contribution is 2.35. The number of alkyl halides is 1. The molecule has 3 atom stereocenters. The van der Waals surface area contributed by atoms with Gasteiger partial charge in [0.1, 0.15) is 23.5 Å². The minimum atomic E-state index is -1.40. The normalized spacial score (nSPS) is 23.4. The predicted molar refractivity (Wildman–Crippen MR) is 86.3 cm³/mol. The Bertz CT molecular complexity index is 816. The summed E-state index contributed by atoms with van der Waals surface area (Å²) in [6.07, 6.45) is -0.00680. The third kappa shape index (κ3) is 3.30. The van der Waals surface area contributed by atoms with Crippen LogP contribution in [0.4, 0.5) is 14.6 Å². The van der Waals surface area contributed by atoms with Crippen LogP contribution in [0.25, 0.3) is 11.3 Å². The molecule has 2 aromatic rings. The molecule has 0 unspecified atom stereocenters. The van der Waals surface area contributed by atoms with Crippen molar-refractivity contribution < 1.29 is 23.8 Å². The van der Waals surface area contributed by atoms with Gasteiger partial charge >= 0.3 is 5.97 Å². The highest BCUT2D eigenvalue weighted by atomic mass is 19.1. The van der Waals surface area contributed by atoms with E-state index in [1.165, 1.54) is 18.3 Å². The summed E-state index contributed by atoms with van der Waals surface area (Å²) in [7, 11) is 0. The van der Waals surface area contributed by atoms with Crippen molar-refractivity contribution in [3.63, 3.8) is 0 Å². The van der Waals surface area contributed by atoms with Gasteiger partial charge in [0.2, 0.25) is 0 Å². The molecule has 0 aliphatic heterocycles. The predicted octanol–water partition coefficient (Wildman–Crippen LogP) is 2.53. The summed E-state index contributed by atoms with van der Waals surface area (Å²) in [4.78, 5) is 19.4. The van der Waals surface area contributed by atoms with Gasteiger partial charge in [0, 0.05) is 11.5 Å². The third-order valence-electron chi connectivity index (χ3n) is 4.46. The molecule has 3 rings (SSSR count). The maximum atomic E-state index is 14.5. The summed E-state index contributed by atoms with van der Waals surface area (Å²) in [5.74, 6) is -2.66. The fourth-order valence-corrected chi connectivity index (χ4v) is 3.06. The number of carbonyl (C=O) groups is 1. The first-order chi connectivity index (χ1) is 11.9. The smallest absolute Gasteiger partial charge is 0.338 e. The van der Waals surface area contributed by atoms with Crippen LogP contribution in [0.5, 0.6) is 0 Å². The molecule has 0 spiro atoms. The number of aliphatic hydroxyl groups is 1. The van der Waals surface area contributed by atoms with E-state index in [1.54, 1.807) is 0 Å². The Hall–Kier alpha value is -2.61. The number of nitrogen functional groups attached to an aromatic ring is 1. The van der Waals surface area contributed by atoms with Crippen molar-refractivity contribution in [3.05, 3.63) is 41.5 Å². The largest absolute Gasteiger partial charge is 0.478 e. The number of benzene rings is 1. The number of rotatable bonds is 3. The molecule has 1 aliphatic carbocycles. The molecule has 1 heterocycles. The lowest BCUT2D eigenvalue weighted by atomic mass is 9.84.